The Morgan fingerprint density at radius 3 is 2.24 bits per heavy atom. The molecule has 0 spiro atoms. The quantitative estimate of drug-likeness (QED) is 0.0942. The van der Waals surface area contributed by atoms with E-state index in [9.17, 15) is 14.4 Å². The van der Waals surface area contributed by atoms with Gasteiger partial charge in [0.15, 0.2) is 5.17 Å². The molecule has 3 aromatic carbocycles. The number of allylic oxidation sites excluding steroid dienone is 4. The van der Waals surface area contributed by atoms with Crippen LogP contribution >= 0.6 is 43.6 Å². The van der Waals surface area contributed by atoms with E-state index in [1.807, 2.05) is 60.7 Å². The van der Waals surface area contributed by atoms with Crippen molar-refractivity contribution in [2.75, 3.05) is 12.4 Å². The van der Waals surface area contributed by atoms with Crippen LogP contribution in [0.15, 0.2) is 129 Å². The molecular formula is C36H29Br2N3O4S. The zero-order valence-corrected chi connectivity index (χ0v) is 28.8. The predicted octanol–water partition coefficient (Wildman–Crippen LogP) is 7.62. The highest BCUT2D eigenvalue weighted by Gasteiger charge is 2.35. The lowest BCUT2D eigenvalue weighted by Crippen LogP contribution is -2.42. The first kappa shape index (κ1) is 34.4. The van der Waals surface area contributed by atoms with Crippen molar-refractivity contribution in [3.8, 4) is 18.1 Å². The largest absolute Gasteiger partial charge is 0.479 e. The molecule has 1 aliphatic heterocycles. The molecule has 1 heterocycles. The molecule has 0 bridgehead atoms. The topological polar surface area (TPSA) is 88.1 Å². The first-order valence-corrected chi connectivity index (χ1v) is 16.6. The molecule has 46 heavy (non-hydrogen) atoms. The molecule has 10 heteroatoms. The Kier molecular flexibility index (Phi) is 12.5. The molecule has 0 fully saturated rings. The lowest BCUT2D eigenvalue weighted by Gasteiger charge is -2.28. The number of rotatable bonds is 11. The number of thioether (sulfide) groups is 1. The molecule has 0 saturated heterocycles. The van der Waals surface area contributed by atoms with Crippen LogP contribution < -0.4 is 10.1 Å². The van der Waals surface area contributed by atoms with Crippen molar-refractivity contribution >= 4 is 72.6 Å². The van der Waals surface area contributed by atoms with E-state index in [1.54, 1.807) is 43.4 Å². The van der Waals surface area contributed by atoms with Crippen LogP contribution in [0, 0.1) is 12.3 Å². The van der Waals surface area contributed by atoms with Crippen molar-refractivity contribution in [1.82, 2.24) is 10.2 Å². The monoisotopic (exact) mass is 757 g/mol. The normalized spacial score (nSPS) is 14.4. The number of aliphatic imine (C=N–C) groups is 1. The van der Waals surface area contributed by atoms with E-state index < -0.39 is 11.8 Å². The Bertz CT molecular complexity index is 1730. The summed E-state index contributed by atoms with van der Waals surface area (Å²) >= 11 is 7.92. The third-order valence-corrected chi connectivity index (χ3v) is 8.66. The Balaban J connectivity index is 1.63. The van der Waals surface area contributed by atoms with Crippen LogP contribution in [0.4, 0.5) is 0 Å². The lowest BCUT2D eigenvalue weighted by molar-refractivity contribution is -0.126. The highest BCUT2D eigenvalue weighted by atomic mass is 79.9. The van der Waals surface area contributed by atoms with Crippen molar-refractivity contribution in [1.29, 1.82) is 0 Å². The number of amidine groups is 1. The predicted molar refractivity (Wildman–Crippen MR) is 192 cm³/mol. The smallest absolute Gasteiger partial charge is 0.285 e. The van der Waals surface area contributed by atoms with E-state index >= 15 is 0 Å². The SMILES string of the molecule is C#CCOc1c(Br)cc(/C=C2\C(=O)N=C(SCC(=O)NC(c3ccccc3)c3ccccc3)N(C(/C=C\C=C)=C/C)C2=O)cc1Br. The van der Waals surface area contributed by atoms with Crippen molar-refractivity contribution in [3.05, 3.63) is 141 Å². The standard InChI is InChI=1S/C36H29Br2N3O4S/c1-4-7-18-27(6-3)41-35(44)28(20-24-21-29(37)33(30(38)22-24)45-19-5-2)34(43)40-36(41)46-23-31(42)39-32(25-14-10-8-11-15-25)26-16-12-9-13-17-26/h2,4,6-18,20-22,32H,1,19,23H2,3H3,(H,39,42)/b18-7-,27-6+,28-20+. The molecule has 0 unspecified atom stereocenters. The summed E-state index contributed by atoms with van der Waals surface area (Å²) in [7, 11) is 0. The van der Waals surface area contributed by atoms with E-state index in [4.69, 9.17) is 11.2 Å². The number of terminal acetylenes is 1. The fourth-order valence-electron chi connectivity index (χ4n) is 4.47. The molecule has 7 nitrogen and oxygen atoms in total. The summed E-state index contributed by atoms with van der Waals surface area (Å²) in [6.45, 7) is 5.54. The number of ether oxygens (including phenoxy) is 1. The van der Waals surface area contributed by atoms with E-state index in [-0.39, 0.29) is 35.0 Å². The van der Waals surface area contributed by atoms with E-state index in [2.05, 4.69) is 54.7 Å². The maximum atomic E-state index is 14.0. The van der Waals surface area contributed by atoms with Crippen molar-refractivity contribution in [3.63, 3.8) is 0 Å². The minimum Gasteiger partial charge on any atom is -0.479 e. The second-order valence-electron chi connectivity index (χ2n) is 9.62. The van der Waals surface area contributed by atoms with Crippen molar-refractivity contribution in [2.24, 2.45) is 4.99 Å². The number of benzene rings is 3. The van der Waals surface area contributed by atoms with E-state index in [0.29, 0.717) is 26.0 Å². The summed E-state index contributed by atoms with van der Waals surface area (Å²) in [5.41, 5.74) is 2.70. The Morgan fingerprint density at radius 2 is 1.70 bits per heavy atom. The van der Waals surface area contributed by atoms with Crippen LogP contribution in [0.25, 0.3) is 6.08 Å². The molecule has 1 aliphatic rings. The molecule has 0 saturated carbocycles. The van der Waals surface area contributed by atoms with E-state index in [1.165, 1.54) is 11.0 Å². The van der Waals surface area contributed by atoms with Gasteiger partial charge in [-0.2, -0.15) is 4.99 Å². The second-order valence-corrected chi connectivity index (χ2v) is 12.3. The van der Waals surface area contributed by atoms with Gasteiger partial charge < -0.3 is 10.1 Å². The van der Waals surface area contributed by atoms with Crippen LogP contribution in [0.2, 0.25) is 0 Å². The second kappa shape index (κ2) is 16.8. The Morgan fingerprint density at radius 1 is 1.09 bits per heavy atom. The van der Waals surface area contributed by atoms with Crippen LogP contribution in [-0.4, -0.2) is 40.1 Å². The number of carbonyl (C=O) groups is 3. The van der Waals surface area contributed by atoms with Gasteiger partial charge in [-0.25, -0.2) is 0 Å². The van der Waals surface area contributed by atoms with Gasteiger partial charge in [-0.3, -0.25) is 19.3 Å². The summed E-state index contributed by atoms with van der Waals surface area (Å²) in [5, 5.41) is 3.17. The first-order chi connectivity index (χ1) is 22.3. The molecule has 3 amide bonds. The number of hydrogen-bond donors (Lipinski definition) is 1. The number of halogens is 2. The van der Waals surface area contributed by atoms with Gasteiger partial charge in [0.05, 0.1) is 20.7 Å². The Hall–Kier alpha value is -4.43. The Labute approximate surface area is 289 Å². The van der Waals surface area contributed by atoms with Gasteiger partial charge >= 0.3 is 0 Å². The van der Waals surface area contributed by atoms with Gasteiger partial charge in [-0.15, -0.1) is 6.42 Å². The molecule has 0 radical (unpaired) electrons. The molecule has 0 aliphatic carbocycles. The highest BCUT2D eigenvalue weighted by molar-refractivity contribution is 9.11. The fourth-order valence-corrected chi connectivity index (χ4v) is 6.73. The van der Waals surface area contributed by atoms with Crippen LogP contribution in [0.1, 0.15) is 29.7 Å². The van der Waals surface area contributed by atoms with Gasteiger partial charge in [0, 0.05) is 5.70 Å². The van der Waals surface area contributed by atoms with Crippen LogP contribution in [0.5, 0.6) is 5.75 Å². The molecular weight excluding hydrogens is 730 g/mol. The number of amides is 3. The summed E-state index contributed by atoms with van der Waals surface area (Å²) in [6.07, 6.45) is 13.4. The minimum absolute atomic E-state index is 0.0697. The molecule has 3 aromatic rings. The van der Waals surface area contributed by atoms with Gasteiger partial charge in [0.2, 0.25) is 5.91 Å². The average Bonchev–Trinajstić information content (AvgIpc) is 3.06. The molecule has 232 valence electrons. The third-order valence-electron chi connectivity index (χ3n) is 6.54. The average molecular weight is 760 g/mol. The molecule has 0 aromatic heterocycles. The third kappa shape index (κ3) is 8.63. The van der Waals surface area contributed by atoms with Gasteiger partial charge in [0.25, 0.3) is 11.8 Å². The number of nitrogens with zero attached hydrogens (tertiary/aromatic N) is 2. The maximum Gasteiger partial charge on any atom is 0.285 e. The summed E-state index contributed by atoms with van der Waals surface area (Å²) in [6, 6.07) is 22.3. The fraction of sp³-hybridized carbons (Fsp3) is 0.111. The van der Waals surface area contributed by atoms with Crippen LogP contribution in [0.3, 0.4) is 0 Å². The van der Waals surface area contributed by atoms with E-state index in [0.717, 1.165) is 22.9 Å². The summed E-state index contributed by atoms with van der Waals surface area (Å²) in [4.78, 5) is 46.2. The molecule has 0 atom stereocenters. The number of hydrogen-bond acceptors (Lipinski definition) is 5. The van der Waals surface area contributed by atoms with Gasteiger partial charge in [0.1, 0.15) is 17.9 Å². The lowest BCUT2D eigenvalue weighted by atomic mass is 9.99. The summed E-state index contributed by atoms with van der Waals surface area (Å²) < 4.78 is 6.72. The first-order valence-electron chi connectivity index (χ1n) is 14.0. The molecule has 1 N–H and O–H groups in total. The van der Waals surface area contributed by atoms with Gasteiger partial charge in [-0.1, -0.05) is 103 Å². The number of nitrogens with one attached hydrogen (secondary N) is 1. The minimum atomic E-state index is -0.723. The van der Waals surface area contributed by atoms with Crippen molar-refractivity contribution < 1.29 is 19.1 Å². The molecule has 4 rings (SSSR count). The van der Waals surface area contributed by atoms with Gasteiger partial charge in [-0.05, 0) is 79.8 Å². The zero-order chi connectivity index (χ0) is 33.1. The summed E-state index contributed by atoms with van der Waals surface area (Å²) in [5.74, 6) is 1.21. The number of carbonyl (C=O) groups excluding carboxylic acids is 3. The van der Waals surface area contributed by atoms with Crippen molar-refractivity contribution in [2.45, 2.75) is 13.0 Å². The maximum absolute atomic E-state index is 14.0. The van der Waals surface area contributed by atoms with Crippen LogP contribution in [-0.2, 0) is 14.4 Å². The zero-order valence-electron chi connectivity index (χ0n) is 24.8. The highest BCUT2D eigenvalue weighted by Crippen LogP contribution is 2.36.